The maximum Gasteiger partial charge on any atom is 0.314 e. The van der Waals surface area contributed by atoms with Gasteiger partial charge in [0.1, 0.15) is 0 Å². The van der Waals surface area contributed by atoms with E-state index in [-0.39, 0.29) is 18.4 Å². The molecule has 18 heavy (non-hydrogen) atoms. The lowest BCUT2D eigenvalue weighted by atomic mass is 9.97. The van der Waals surface area contributed by atoms with Crippen LogP contribution in [0.2, 0.25) is 0 Å². The zero-order chi connectivity index (χ0) is 13.4. The predicted octanol–water partition coefficient (Wildman–Crippen LogP) is 0.0559. The molecular weight excluding hydrogens is 234 g/mol. The monoisotopic (exact) mass is 257 g/mol. The number of hydrogen-bond donors (Lipinski definition) is 3. The van der Waals surface area contributed by atoms with Gasteiger partial charge in [0.2, 0.25) is 5.91 Å². The van der Waals surface area contributed by atoms with Gasteiger partial charge in [-0.05, 0) is 32.1 Å². The third-order valence-corrected chi connectivity index (χ3v) is 3.24. The van der Waals surface area contributed by atoms with Crippen LogP contribution in [0.4, 0.5) is 4.79 Å². The van der Waals surface area contributed by atoms with Gasteiger partial charge in [0.15, 0.2) is 0 Å². The molecule has 1 rings (SSSR count). The van der Waals surface area contributed by atoms with Gasteiger partial charge in [-0.2, -0.15) is 0 Å². The van der Waals surface area contributed by atoms with Crippen molar-refractivity contribution in [3.05, 3.63) is 0 Å². The Hall–Kier alpha value is -1.30. The normalized spacial score (nSPS) is 19.6. The van der Waals surface area contributed by atoms with Crippen LogP contribution in [-0.4, -0.2) is 48.2 Å². The van der Waals surface area contributed by atoms with E-state index in [2.05, 4.69) is 5.32 Å². The second-order valence-electron chi connectivity index (χ2n) is 4.70. The van der Waals surface area contributed by atoms with Crippen molar-refractivity contribution in [3.63, 3.8) is 0 Å². The van der Waals surface area contributed by atoms with Crippen molar-refractivity contribution in [3.8, 4) is 0 Å². The van der Waals surface area contributed by atoms with Crippen LogP contribution in [0, 0.1) is 5.92 Å². The van der Waals surface area contributed by atoms with Crippen LogP contribution in [0.5, 0.6) is 0 Å². The number of nitrogens with two attached hydrogens (primary N) is 1. The molecule has 104 valence electrons. The SMILES string of the molecule is NC(=O)N1CCCC(C(=O)NCCCCCO)C1. The average Bonchev–Trinajstić information content (AvgIpc) is 2.38. The van der Waals surface area contributed by atoms with Crippen molar-refractivity contribution < 1.29 is 14.7 Å². The van der Waals surface area contributed by atoms with Gasteiger partial charge in [-0.15, -0.1) is 0 Å². The van der Waals surface area contributed by atoms with Crippen molar-refractivity contribution in [2.24, 2.45) is 11.7 Å². The Kier molecular flexibility index (Phi) is 6.49. The summed E-state index contributed by atoms with van der Waals surface area (Å²) in [7, 11) is 0. The first-order valence-corrected chi connectivity index (χ1v) is 6.58. The molecule has 0 aromatic carbocycles. The van der Waals surface area contributed by atoms with E-state index in [4.69, 9.17) is 10.8 Å². The molecule has 1 fully saturated rings. The van der Waals surface area contributed by atoms with Crippen molar-refractivity contribution in [1.29, 1.82) is 0 Å². The van der Waals surface area contributed by atoms with Gasteiger partial charge < -0.3 is 21.1 Å². The van der Waals surface area contributed by atoms with Crippen LogP contribution in [0.1, 0.15) is 32.1 Å². The molecule has 4 N–H and O–H groups in total. The van der Waals surface area contributed by atoms with Crippen molar-refractivity contribution in [1.82, 2.24) is 10.2 Å². The molecule has 0 aromatic rings. The summed E-state index contributed by atoms with van der Waals surface area (Å²) in [4.78, 5) is 24.4. The highest BCUT2D eigenvalue weighted by atomic mass is 16.3. The highest BCUT2D eigenvalue weighted by Gasteiger charge is 2.26. The number of nitrogens with one attached hydrogen (secondary N) is 1. The number of primary amides is 1. The molecule has 1 saturated heterocycles. The molecule has 0 spiro atoms. The molecule has 1 unspecified atom stereocenters. The Balaban J connectivity index is 2.22. The Labute approximate surface area is 108 Å². The van der Waals surface area contributed by atoms with Crippen LogP contribution in [0.15, 0.2) is 0 Å². The number of rotatable bonds is 6. The molecule has 0 bridgehead atoms. The number of piperidine rings is 1. The lowest BCUT2D eigenvalue weighted by Crippen LogP contribution is -2.47. The summed E-state index contributed by atoms with van der Waals surface area (Å²) in [6.45, 7) is 1.91. The van der Waals surface area contributed by atoms with Crippen molar-refractivity contribution >= 4 is 11.9 Å². The maximum absolute atomic E-state index is 11.9. The summed E-state index contributed by atoms with van der Waals surface area (Å²) in [5.74, 6) is -0.131. The molecule has 1 atom stereocenters. The smallest absolute Gasteiger partial charge is 0.314 e. The number of likely N-dealkylation sites (tertiary alicyclic amines) is 1. The second kappa shape index (κ2) is 7.92. The first-order chi connectivity index (χ1) is 8.65. The Bertz CT molecular complexity index is 284. The zero-order valence-corrected chi connectivity index (χ0v) is 10.7. The Morgan fingerprint density at radius 1 is 1.33 bits per heavy atom. The molecule has 0 aliphatic carbocycles. The number of hydrogen-bond acceptors (Lipinski definition) is 3. The number of aliphatic hydroxyl groups excluding tert-OH is 1. The highest BCUT2D eigenvalue weighted by molar-refractivity contribution is 5.80. The minimum Gasteiger partial charge on any atom is -0.396 e. The van der Waals surface area contributed by atoms with Gasteiger partial charge in [-0.25, -0.2) is 4.79 Å². The number of carbonyl (C=O) groups is 2. The average molecular weight is 257 g/mol. The lowest BCUT2D eigenvalue weighted by molar-refractivity contribution is -0.126. The van der Waals surface area contributed by atoms with Gasteiger partial charge in [0, 0.05) is 26.2 Å². The molecular formula is C12H23N3O3. The van der Waals surface area contributed by atoms with E-state index in [1.165, 1.54) is 4.90 Å². The molecule has 1 aliphatic rings. The van der Waals surface area contributed by atoms with Crippen molar-refractivity contribution in [2.45, 2.75) is 32.1 Å². The van der Waals surface area contributed by atoms with E-state index in [0.29, 0.717) is 19.6 Å². The van der Waals surface area contributed by atoms with Gasteiger partial charge in [0.05, 0.1) is 5.92 Å². The topological polar surface area (TPSA) is 95.7 Å². The highest BCUT2D eigenvalue weighted by Crippen LogP contribution is 2.16. The van der Waals surface area contributed by atoms with E-state index in [0.717, 1.165) is 32.1 Å². The quantitative estimate of drug-likeness (QED) is 0.587. The zero-order valence-electron chi connectivity index (χ0n) is 10.7. The van der Waals surface area contributed by atoms with Crippen LogP contribution < -0.4 is 11.1 Å². The second-order valence-corrected chi connectivity index (χ2v) is 4.70. The van der Waals surface area contributed by atoms with Gasteiger partial charge in [0.25, 0.3) is 0 Å². The number of unbranched alkanes of at least 4 members (excludes halogenated alkanes) is 2. The molecule has 1 aliphatic heterocycles. The predicted molar refractivity (Wildman–Crippen MR) is 67.8 cm³/mol. The van der Waals surface area contributed by atoms with E-state index < -0.39 is 6.03 Å². The number of carbonyl (C=O) groups excluding carboxylic acids is 2. The fourth-order valence-corrected chi connectivity index (χ4v) is 2.16. The fraction of sp³-hybridized carbons (Fsp3) is 0.833. The largest absolute Gasteiger partial charge is 0.396 e. The van der Waals surface area contributed by atoms with Crippen LogP contribution in [-0.2, 0) is 4.79 Å². The number of urea groups is 1. The summed E-state index contributed by atoms with van der Waals surface area (Å²) in [5.41, 5.74) is 5.22. The molecule has 6 nitrogen and oxygen atoms in total. The van der Waals surface area contributed by atoms with Gasteiger partial charge in [-0.1, -0.05) is 0 Å². The van der Waals surface area contributed by atoms with Crippen LogP contribution in [0.3, 0.4) is 0 Å². The summed E-state index contributed by atoms with van der Waals surface area (Å²) >= 11 is 0. The Morgan fingerprint density at radius 3 is 2.78 bits per heavy atom. The molecule has 0 saturated carbocycles. The molecule has 6 heteroatoms. The number of amides is 3. The lowest BCUT2D eigenvalue weighted by Gasteiger charge is -2.30. The molecule has 0 aromatic heterocycles. The van der Waals surface area contributed by atoms with Crippen LogP contribution in [0.25, 0.3) is 0 Å². The molecule has 1 heterocycles. The third-order valence-electron chi connectivity index (χ3n) is 3.24. The summed E-state index contributed by atoms with van der Waals surface area (Å²) in [5, 5.41) is 11.5. The van der Waals surface area contributed by atoms with Gasteiger partial charge >= 0.3 is 6.03 Å². The number of nitrogens with zero attached hydrogens (tertiary/aromatic N) is 1. The summed E-state index contributed by atoms with van der Waals surface area (Å²) < 4.78 is 0. The first-order valence-electron chi connectivity index (χ1n) is 6.58. The van der Waals surface area contributed by atoms with E-state index in [1.54, 1.807) is 0 Å². The third kappa shape index (κ3) is 4.91. The Morgan fingerprint density at radius 2 is 2.11 bits per heavy atom. The fourth-order valence-electron chi connectivity index (χ4n) is 2.16. The van der Waals surface area contributed by atoms with E-state index in [9.17, 15) is 9.59 Å². The van der Waals surface area contributed by atoms with Crippen molar-refractivity contribution in [2.75, 3.05) is 26.2 Å². The van der Waals surface area contributed by atoms with Crippen LogP contribution >= 0.6 is 0 Å². The molecule has 3 amide bonds. The van der Waals surface area contributed by atoms with E-state index >= 15 is 0 Å². The first kappa shape index (κ1) is 14.8. The van der Waals surface area contributed by atoms with E-state index in [1.807, 2.05) is 0 Å². The minimum atomic E-state index is -0.449. The standard InChI is InChI=1S/C12H23N3O3/c13-12(18)15-7-4-5-10(9-15)11(17)14-6-2-1-3-8-16/h10,16H,1-9H2,(H2,13,18)(H,14,17). The number of aliphatic hydroxyl groups is 1. The van der Waals surface area contributed by atoms with Gasteiger partial charge in [-0.3, -0.25) is 4.79 Å². The minimum absolute atomic E-state index is 0.00458. The molecule has 0 radical (unpaired) electrons. The maximum atomic E-state index is 11.9. The summed E-state index contributed by atoms with van der Waals surface area (Å²) in [6.07, 6.45) is 4.19. The summed E-state index contributed by atoms with van der Waals surface area (Å²) in [6, 6.07) is -0.449.